The molecule has 1 atom stereocenters. The van der Waals surface area contributed by atoms with Crippen molar-refractivity contribution in [2.75, 3.05) is 51.4 Å². The molecule has 0 saturated carbocycles. The van der Waals surface area contributed by atoms with Crippen LogP contribution in [0.1, 0.15) is 20.3 Å². The number of fused-ring (bicyclic) bond motifs is 1. The molecule has 0 bridgehead atoms. The maximum absolute atomic E-state index is 12.3. The molecule has 2 heterocycles. The monoisotopic (exact) mass is 376 g/mol. The molecule has 1 saturated heterocycles. The zero-order chi connectivity index (χ0) is 19.2. The van der Waals surface area contributed by atoms with Crippen LogP contribution in [0.5, 0.6) is 11.5 Å². The first-order chi connectivity index (χ1) is 13.0. The van der Waals surface area contributed by atoms with Crippen molar-refractivity contribution < 1.29 is 19.1 Å². The number of rotatable bonds is 7. The van der Waals surface area contributed by atoms with Gasteiger partial charge in [0, 0.05) is 44.0 Å². The fourth-order valence-corrected chi connectivity index (χ4v) is 3.11. The maximum atomic E-state index is 12.3. The van der Waals surface area contributed by atoms with Gasteiger partial charge in [-0.3, -0.25) is 19.4 Å². The average Bonchev–Trinajstić information content (AvgIpc) is 3.11. The van der Waals surface area contributed by atoms with E-state index in [0.717, 1.165) is 32.6 Å². The summed E-state index contributed by atoms with van der Waals surface area (Å²) in [5, 5.41) is 5.88. The molecule has 2 aliphatic rings. The molecule has 2 aliphatic heterocycles. The largest absolute Gasteiger partial charge is 0.454 e. The SMILES string of the molecule is CC[C@@H](C)NC(=O)CN1CCN(CC(=O)Nc2ccc3c(c2)OCO3)CC1. The second-order valence-corrected chi connectivity index (χ2v) is 7.05. The molecule has 0 unspecified atom stereocenters. The number of nitrogens with zero attached hydrogens (tertiary/aromatic N) is 2. The first kappa shape index (κ1) is 19.4. The molecule has 0 aliphatic carbocycles. The van der Waals surface area contributed by atoms with Crippen LogP contribution in [0.2, 0.25) is 0 Å². The highest BCUT2D eigenvalue weighted by atomic mass is 16.7. The molecule has 2 N–H and O–H groups in total. The van der Waals surface area contributed by atoms with Gasteiger partial charge in [-0.2, -0.15) is 0 Å². The van der Waals surface area contributed by atoms with E-state index in [9.17, 15) is 9.59 Å². The van der Waals surface area contributed by atoms with Crippen molar-refractivity contribution in [1.82, 2.24) is 15.1 Å². The summed E-state index contributed by atoms with van der Waals surface area (Å²) in [5.74, 6) is 1.36. The first-order valence-electron chi connectivity index (χ1n) is 9.47. The second-order valence-electron chi connectivity index (χ2n) is 7.05. The van der Waals surface area contributed by atoms with E-state index in [2.05, 4.69) is 27.4 Å². The van der Waals surface area contributed by atoms with E-state index in [1.807, 2.05) is 6.92 Å². The maximum Gasteiger partial charge on any atom is 0.238 e. The van der Waals surface area contributed by atoms with Crippen LogP contribution in [0.15, 0.2) is 18.2 Å². The van der Waals surface area contributed by atoms with E-state index in [1.54, 1.807) is 18.2 Å². The molecular formula is C19H28N4O4. The quantitative estimate of drug-likeness (QED) is 0.735. The Morgan fingerprint density at radius 3 is 2.33 bits per heavy atom. The van der Waals surface area contributed by atoms with Crippen molar-refractivity contribution in [3.8, 4) is 11.5 Å². The van der Waals surface area contributed by atoms with E-state index in [1.165, 1.54) is 0 Å². The predicted molar refractivity (Wildman–Crippen MR) is 102 cm³/mol. The molecule has 1 fully saturated rings. The van der Waals surface area contributed by atoms with Crippen LogP contribution in [-0.2, 0) is 9.59 Å². The molecule has 3 rings (SSSR count). The Bertz CT molecular complexity index is 674. The Morgan fingerprint density at radius 1 is 1.04 bits per heavy atom. The summed E-state index contributed by atoms with van der Waals surface area (Å²) in [4.78, 5) is 28.5. The lowest BCUT2D eigenvalue weighted by Gasteiger charge is -2.34. The van der Waals surface area contributed by atoms with Gasteiger partial charge in [-0.05, 0) is 25.5 Å². The number of amides is 2. The summed E-state index contributed by atoms with van der Waals surface area (Å²) in [6, 6.07) is 5.58. The van der Waals surface area contributed by atoms with Crippen molar-refractivity contribution in [3.05, 3.63) is 18.2 Å². The van der Waals surface area contributed by atoms with Crippen LogP contribution in [0, 0.1) is 0 Å². The third-order valence-electron chi connectivity index (χ3n) is 4.88. The third-order valence-corrected chi connectivity index (χ3v) is 4.88. The van der Waals surface area contributed by atoms with Gasteiger partial charge in [0.2, 0.25) is 18.6 Å². The van der Waals surface area contributed by atoms with Gasteiger partial charge in [0.05, 0.1) is 13.1 Å². The number of nitrogens with one attached hydrogen (secondary N) is 2. The van der Waals surface area contributed by atoms with Crippen molar-refractivity contribution in [2.45, 2.75) is 26.3 Å². The lowest BCUT2D eigenvalue weighted by Crippen LogP contribution is -2.51. The number of carbonyl (C=O) groups excluding carboxylic acids is 2. The van der Waals surface area contributed by atoms with Gasteiger partial charge in [0.15, 0.2) is 11.5 Å². The smallest absolute Gasteiger partial charge is 0.238 e. The van der Waals surface area contributed by atoms with E-state index in [-0.39, 0.29) is 24.6 Å². The number of hydrogen-bond acceptors (Lipinski definition) is 6. The fraction of sp³-hybridized carbons (Fsp3) is 0.579. The number of benzene rings is 1. The normalized spacial score (nSPS) is 18.1. The minimum absolute atomic E-state index is 0.0585. The first-order valence-corrected chi connectivity index (χ1v) is 9.47. The highest BCUT2D eigenvalue weighted by Gasteiger charge is 2.21. The minimum atomic E-state index is -0.0585. The van der Waals surface area contributed by atoms with Crippen LogP contribution in [-0.4, -0.2) is 73.7 Å². The van der Waals surface area contributed by atoms with Crippen LogP contribution >= 0.6 is 0 Å². The zero-order valence-corrected chi connectivity index (χ0v) is 16.0. The molecule has 148 valence electrons. The van der Waals surface area contributed by atoms with E-state index < -0.39 is 0 Å². The molecule has 8 nitrogen and oxygen atoms in total. The van der Waals surface area contributed by atoms with E-state index in [0.29, 0.717) is 30.3 Å². The minimum Gasteiger partial charge on any atom is -0.454 e. The fourth-order valence-electron chi connectivity index (χ4n) is 3.11. The van der Waals surface area contributed by atoms with Crippen molar-refractivity contribution in [1.29, 1.82) is 0 Å². The lowest BCUT2D eigenvalue weighted by atomic mass is 10.2. The molecule has 1 aromatic carbocycles. The molecule has 2 amide bonds. The van der Waals surface area contributed by atoms with Gasteiger partial charge >= 0.3 is 0 Å². The molecular weight excluding hydrogens is 348 g/mol. The van der Waals surface area contributed by atoms with Gasteiger partial charge in [-0.25, -0.2) is 0 Å². The lowest BCUT2D eigenvalue weighted by molar-refractivity contribution is -0.124. The van der Waals surface area contributed by atoms with Crippen LogP contribution < -0.4 is 20.1 Å². The Hall–Kier alpha value is -2.32. The Kier molecular flexibility index (Phi) is 6.52. The second kappa shape index (κ2) is 9.05. The van der Waals surface area contributed by atoms with Gasteiger partial charge < -0.3 is 20.1 Å². The Balaban J connectivity index is 1.38. The van der Waals surface area contributed by atoms with Gasteiger partial charge in [-0.1, -0.05) is 6.92 Å². The number of anilines is 1. The van der Waals surface area contributed by atoms with Gasteiger partial charge in [0.25, 0.3) is 0 Å². The summed E-state index contributed by atoms with van der Waals surface area (Å²) in [6.07, 6.45) is 0.929. The number of ether oxygens (including phenoxy) is 2. The van der Waals surface area contributed by atoms with E-state index >= 15 is 0 Å². The molecule has 1 aromatic rings. The highest BCUT2D eigenvalue weighted by molar-refractivity contribution is 5.92. The van der Waals surface area contributed by atoms with Crippen LogP contribution in [0.25, 0.3) is 0 Å². The summed E-state index contributed by atoms with van der Waals surface area (Å²) in [6.45, 7) is 8.13. The molecule has 0 aromatic heterocycles. The Morgan fingerprint density at radius 2 is 1.67 bits per heavy atom. The number of hydrogen-bond donors (Lipinski definition) is 2. The highest BCUT2D eigenvalue weighted by Crippen LogP contribution is 2.34. The average molecular weight is 376 g/mol. The standard InChI is InChI=1S/C19H28N4O4/c1-3-14(2)20-18(24)11-22-6-8-23(9-7-22)12-19(25)21-15-4-5-16-17(10-15)27-13-26-16/h4-5,10,14H,3,6-9,11-13H2,1-2H3,(H,20,24)(H,21,25)/t14-/m1/s1. The summed E-state index contributed by atoms with van der Waals surface area (Å²) in [5.41, 5.74) is 0.699. The Labute approximate surface area is 159 Å². The number of carbonyl (C=O) groups is 2. The molecule has 27 heavy (non-hydrogen) atoms. The van der Waals surface area contributed by atoms with Crippen molar-refractivity contribution in [3.63, 3.8) is 0 Å². The topological polar surface area (TPSA) is 83.1 Å². The predicted octanol–water partition coefficient (Wildman–Crippen LogP) is 0.886. The summed E-state index contributed by atoms with van der Waals surface area (Å²) < 4.78 is 10.6. The van der Waals surface area contributed by atoms with E-state index in [4.69, 9.17) is 9.47 Å². The summed E-state index contributed by atoms with van der Waals surface area (Å²) in [7, 11) is 0. The molecule has 8 heteroatoms. The van der Waals surface area contributed by atoms with Crippen LogP contribution in [0.4, 0.5) is 5.69 Å². The van der Waals surface area contributed by atoms with Crippen LogP contribution in [0.3, 0.4) is 0 Å². The zero-order valence-electron chi connectivity index (χ0n) is 16.0. The van der Waals surface area contributed by atoms with Crippen molar-refractivity contribution >= 4 is 17.5 Å². The van der Waals surface area contributed by atoms with Gasteiger partial charge in [0.1, 0.15) is 0 Å². The van der Waals surface area contributed by atoms with Gasteiger partial charge in [-0.15, -0.1) is 0 Å². The molecule has 0 radical (unpaired) electrons. The number of piperazine rings is 1. The third kappa shape index (κ3) is 5.58. The van der Waals surface area contributed by atoms with Crippen molar-refractivity contribution in [2.24, 2.45) is 0 Å². The summed E-state index contributed by atoms with van der Waals surface area (Å²) >= 11 is 0. The molecule has 0 spiro atoms.